The van der Waals surface area contributed by atoms with Gasteiger partial charge in [0.25, 0.3) is 5.91 Å². The van der Waals surface area contributed by atoms with Crippen LogP contribution in [0, 0.1) is 0 Å². The highest BCUT2D eigenvalue weighted by Crippen LogP contribution is 2.26. The van der Waals surface area contributed by atoms with Crippen molar-refractivity contribution in [2.45, 2.75) is 46.1 Å². The Morgan fingerprint density at radius 3 is 2.50 bits per heavy atom. The average molecular weight is 356 g/mol. The Bertz CT molecular complexity index is 810. The molecule has 0 saturated heterocycles. The van der Waals surface area contributed by atoms with E-state index in [2.05, 4.69) is 24.1 Å². The number of esters is 1. The van der Waals surface area contributed by atoms with E-state index in [1.54, 1.807) is 0 Å². The predicted molar refractivity (Wildman–Crippen MR) is 99.5 cm³/mol. The number of carbonyl (C=O) groups excluding carboxylic acids is 3. The molecule has 2 aromatic rings. The molecule has 1 aromatic heterocycles. The molecule has 0 aliphatic rings. The van der Waals surface area contributed by atoms with Crippen LogP contribution in [-0.4, -0.2) is 28.7 Å². The Morgan fingerprint density at radius 2 is 1.88 bits per heavy atom. The molecule has 0 fully saturated rings. The molecule has 6 nitrogen and oxygen atoms in total. The van der Waals surface area contributed by atoms with Crippen molar-refractivity contribution in [1.82, 2.24) is 4.98 Å². The zero-order valence-electron chi connectivity index (χ0n) is 15.5. The fourth-order valence-corrected chi connectivity index (χ4v) is 2.49. The minimum atomic E-state index is -0.975. The summed E-state index contributed by atoms with van der Waals surface area (Å²) in [5.74, 6) is -0.955. The molecule has 0 spiro atoms. The average Bonchev–Trinajstić information content (AvgIpc) is 3.12. The number of ketones is 1. The number of amides is 1. The third-order valence-electron chi connectivity index (χ3n) is 4.32. The van der Waals surface area contributed by atoms with E-state index in [9.17, 15) is 14.4 Å². The van der Waals surface area contributed by atoms with E-state index in [1.807, 2.05) is 24.3 Å². The van der Waals surface area contributed by atoms with Crippen LogP contribution in [0.4, 0.5) is 5.69 Å². The number of benzene rings is 1. The molecule has 2 rings (SSSR count). The van der Waals surface area contributed by atoms with Crippen molar-refractivity contribution in [2.24, 2.45) is 0 Å². The number of H-pyrrole nitrogens is 1. The second-order valence-electron chi connectivity index (χ2n) is 6.29. The lowest BCUT2D eigenvalue weighted by atomic mass is 9.97. The monoisotopic (exact) mass is 356 g/mol. The smallest absolute Gasteiger partial charge is 0.355 e. The maximum atomic E-state index is 12.4. The Balaban J connectivity index is 2.03. The number of aromatic amines is 1. The minimum absolute atomic E-state index is 0.134. The number of hydrogen-bond donors (Lipinski definition) is 2. The first-order valence-electron chi connectivity index (χ1n) is 8.63. The number of rotatable bonds is 7. The van der Waals surface area contributed by atoms with Gasteiger partial charge in [-0.2, -0.15) is 0 Å². The lowest BCUT2D eigenvalue weighted by Gasteiger charge is -2.18. The van der Waals surface area contributed by atoms with Crippen molar-refractivity contribution >= 4 is 23.3 Å². The molecule has 0 radical (unpaired) electrons. The van der Waals surface area contributed by atoms with Crippen molar-refractivity contribution < 1.29 is 19.1 Å². The van der Waals surface area contributed by atoms with Gasteiger partial charge in [0, 0.05) is 17.4 Å². The Morgan fingerprint density at radius 1 is 1.19 bits per heavy atom. The summed E-state index contributed by atoms with van der Waals surface area (Å²) >= 11 is 0. The Hall–Kier alpha value is -2.89. The zero-order valence-corrected chi connectivity index (χ0v) is 15.5. The van der Waals surface area contributed by atoms with Gasteiger partial charge >= 0.3 is 5.97 Å². The molecular formula is C20H24N2O4. The third-order valence-corrected chi connectivity index (χ3v) is 4.32. The quantitative estimate of drug-likeness (QED) is 0.581. The van der Waals surface area contributed by atoms with Gasteiger partial charge < -0.3 is 15.0 Å². The van der Waals surface area contributed by atoms with Gasteiger partial charge in [-0.1, -0.05) is 32.0 Å². The van der Waals surface area contributed by atoms with Crippen LogP contribution in [0.5, 0.6) is 0 Å². The van der Waals surface area contributed by atoms with Crippen LogP contribution in [0.3, 0.4) is 0 Å². The van der Waals surface area contributed by atoms with Crippen LogP contribution in [0.15, 0.2) is 36.5 Å². The van der Waals surface area contributed by atoms with Gasteiger partial charge in [0.2, 0.25) is 0 Å². The van der Waals surface area contributed by atoms with Gasteiger partial charge in [0.05, 0.1) is 0 Å². The summed E-state index contributed by atoms with van der Waals surface area (Å²) in [6.45, 7) is 7.09. The van der Waals surface area contributed by atoms with Crippen LogP contribution >= 0.6 is 0 Å². The number of anilines is 1. The molecule has 1 amide bonds. The second-order valence-corrected chi connectivity index (χ2v) is 6.29. The standard InChI is InChI=1S/C20H24N2O4/c1-5-12(2)16-8-6-7-9-17(16)22-19(24)14(4)26-20(25)18-10-15(11-21-18)13(3)23/h6-12,14,21H,5H2,1-4H3,(H,22,24)/t12-,14+/m0/s1. The number of hydrogen-bond acceptors (Lipinski definition) is 4. The van der Waals surface area contributed by atoms with Gasteiger partial charge in [-0.25, -0.2) is 4.79 Å². The van der Waals surface area contributed by atoms with Crippen LogP contribution in [0.25, 0.3) is 0 Å². The third kappa shape index (κ3) is 4.59. The Kier molecular flexibility index (Phi) is 6.33. The van der Waals surface area contributed by atoms with Crippen molar-refractivity contribution in [1.29, 1.82) is 0 Å². The van der Waals surface area contributed by atoms with Crippen molar-refractivity contribution in [3.05, 3.63) is 53.3 Å². The molecule has 1 heterocycles. The molecule has 0 unspecified atom stereocenters. The maximum absolute atomic E-state index is 12.4. The number of aromatic nitrogens is 1. The fraction of sp³-hybridized carbons (Fsp3) is 0.350. The fourth-order valence-electron chi connectivity index (χ4n) is 2.49. The molecule has 0 saturated carbocycles. The highest BCUT2D eigenvalue weighted by Gasteiger charge is 2.21. The molecule has 0 aliphatic heterocycles. The van der Waals surface area contributed by atoms with Crippen LogP contribution in [0.2, 0.25) is 0 Å². The van der Waals surface area contributed by atoms with E-state index in [0.717, 1.165) is 12.0 Å². The number of ether oxygens (including phenoxy) is 1. The summed E-state index contributed by atoms with van der Waals surface area (Å²) in [5.41, 5.74) is 2.28. The molecule has 1 aromatic carbocycles. The first-order chi connectivity index (χ1) is 12.3. The van der Waals surface area contributed by atoms with E-state index in [0.29, 0.717) is 17.2 Å². The Labute approximate surface area is 152 Å². The van der Waals surface area contributed by atoms with E-state index in [1.165, 1.54) is 26.1 Å². The van der Waals surface area contributed by atoms with Gasteiger partial charge in [-0.15, -0.1) is 0 Å². The SMILES string of the molecule is CC[C@H](C)c1ccccc1NC(=O)[C@@H](C)OC(=O)c1cc(C(C)=O)c[nH]1. The van der Waals surface area contributed by atoms with E-state index >= 15 is 0 Å². The predicted octanol–water partition coefficient (Wildman–Crippen LogP) is 3.91. The molecule has 2 atom stereocenters. The van der Waals surface area contributed by atoms with Crippen molar-refractivity contribution in [2.75, 3.05) is 5.32 Å². The van der Waals surface area contributed by atoms with E-state index < -0.39 is 18.0 Å². The lowest BCUT2D eigenvalue weighted by molar-refractivity contribution is -0.123. The first kappa shape index (κ1) is 19.4. The first-order valence-corrected chi connectivity index (χ1v) is 8.63. The maximum Gasteiger partial charge on any atom is 0.355 e. The van der Waals surface area contributed by atoms with Gasteiger partial charge in [-0.3, -0.25) is 9.59 Å². The minimum Gasteiger partial charge on any atom is -0.448 e. The number of nitrogens with one attached hydrogen (secondary N) is 2. The van der Waals surface area contributed by atoms with Gasteiger partial charge in [0.15, 0.2) is 11.9 Å². The molecule has 0 bridgehead atoms. The van der Waals surface area contributed by atoms with Crippen LogP contribution in [-0.2, 0) is 9.53 Å². The molecule has 138 valence electrons. The number of Topliss-reactive ketones (excluding diaryl/α,β-unsaturated/α-hetero) is 1. The van der Waals surface area contributed by atoms with Crippen molar-refractivity contribution in [3.8, 4) is 0 Å². The summed E-state index contributed by atoms with van der Waals surface area (Å²) < 4.78 is 5.20. The number of para-hydroxylation sites is 1. The van der Waals surface area contributed by atoms with Gasteiger partial charge in [-0.05, 0) is 43.9 Å². The molecule has 0 aliphatic carbocycles. The summed E-state index contributed by atoms with van der Waals surface area (Å²) in [6, 6.07) is 8.99. The molecule has 6 heteroatoms. The zero-order chi connectivity index (χ0) is 19.3. The van der Waals surface area contributed by atoms with Crippen LogP contribution in [0.1, 0.15) is 66.4 Å². The van der Waals surface area contributed by atoms with Crippen LogP contribution < -0.4 is 5.32 Å². The molecular weight excluding hydrogens is 332 g/mol. The van der Waals surface area contributed by atoms with Gasteiger partial charge in [0.1, 0.15) is 5.69 Å². The summed E-state index contributed by atoms with van der Waals surface area (Å²) in [7, 11) is 0. The second kappa shape index (κ2) is 8.47. The van der Waals surface area contributed by atoms with E-state index in [-0.39, 0.29) is 11.5 Å². The summed E-state index contributed by atoms with van der Waals surface area (Å²) in [6.07, 6.45) is 1.41. The lowest BCUT2D eigenvalue weighted by Crippen LogP contribution is -2.30. The van der Waals surface area contributed by atoms with E-state index in [4.69, 9.17) is 4.74 Å². The van der Waals surface area contributed by atoms with Crippen molar-refractivity contribution in [3.63, 3.8) is 0 Å². The highest BCUT2D eigenvalue weighted by atomic mass is 16.5. The largest absolute Gasteiger partial charge is 0.448 e. The molecule has 2 N–H and O–H groups in total. The topological polar surface area (TPSA) is 88.3 Å². The molecule has 26 heavy (non-hydrogen) atoms. The summed E-state index contributed by atoms with van der Waals surface area (Å²) in [5, 5.41) is 2.83. The summed E-state index contributed by atoms with van der Waals surface area (Å²) in [4.78, 5) is 38.5. The highest BCUT2D eigenvalue weighted by molar-refractivity contribution is 5.99. The number of carbonyl (C=O) groups is 3. The normalized spacial score (nSPS) is 12.9.